The predicted molar refractivity (Wildman–Crippen MR) is 130 cm³/mol. The van der Waals surface area contributed by atoms with Gasteiger partial charge in [-0.1, -0.05) is 0 Å². The van der Waals surface area contributed by atoms with Gasteiger partial charge in [-0.25, -0.2) is 9.50 Å². The fourth-order valence-corrected chi connectivity index (χ4v) is 5.34. The summed E-state index contributed by atoms with van der Waals surface area (Å²) < 4.78 is 3.49. The van der Waals surface area contributed by atoms with Gasteiger partial charge in [0.1, 0.15) is 11.9 Å². The maximum absolute atomic E-state index is 11.8. The number of amides is 1. The van der Waals surface area contributed by atoms with Crippen molar-refractivity contribution in [2.45, 2.75) is 12.5 Å². The lowest BCUT2D eigenvalue weighted by atomic mass is 9.66. The minimum Gasteiger partial charge on any atom is -0.367 e. The first-order chi connectivity index (χ1) is 17.0. The van der Waals surface area contributed by atoms with E-state index >= 15 is 0 Å². The van der Waals surface area contributed by atoms with E-state index in [0.717, 1.165) is 40.0 Å². The molecule has 0 spiro atoms. The highest BCUT2D eigenvalue weighted by Crippen LogP contribution is 2.42. The summed E-state index contributed by atoms with van der Waals surface area (Å²) in [5.74, 6) is 3.55. The molecule has 1 saturated carbocycles. The van der Waals surface area contributed by atoms with Crippen molar-refractivity contribution < 1.29 is 4.79 Å². The number of aryl methyl sites for hydroxylation is 1. The second-order valence-electron chi connectivity index (χ2n) is 9.22. The topological polar surface area (TPSA) is 104 Å². The van der Waals surface area contributed by atoms with Crippen molar-refractivity contribution >= 4 is 17.2 Å². The van der Waals surface area contributed by atoms with E-state index in [-0.39, 0.29) is 11.9 Å². The van der Waals surface area contributed by atoms with Crippen LogP contribution in [0.15, 0.2) is 49.2 Å². The molecule has 0 aromatic carbocycles. The van der Waals surface area contributed by atoms with Crippen LogP contribution in [0.1, 0.15) is 12.0 Å². The number of rotatable bonds is 4. The predicted octanol–water partition coefficient (Wildman–Crippen LogP) is 2.56. The molecule has 35 heavy (non-hydrogen) atoms. The third-order valence-corrected chi connectivity index (χ3v) is 7.10. The van der Waals surface area contributed by atoms with E-state index in [9.17, 15) is 10.1 Å². The lowest BCUT2D eigenvalue weighted by Crippen LogP contribution is -2.62. The van der Waals surface area contributed by atoms with E-state index in [1.807, 2.05) is 43.8 Å². The third kappa shape index (κ3) is 3.49. The number of piperidine rings is 2. The smallest absolute Gasteiger partial charge is 0.298 e. The molecule has 9 heteroatoms. The minimum absolute atomic E-state index is 0.225. The summed E-state index contributed by atoms with van der Waals surface area (Å²) in [5.41, 5.74) is 4.93. The van der Waals surface area contributed by atoms with E-state index in [0.29, 0.717) is 30.5 Å². The van der Waals surface area contributed by atoms with Crippen molar-refractivity contribution in [2.75, 3.05) is 18.4 Å². The number of terminal acetylenes is 1. The molecule has 7 rings (SSSR count). The van der Waals surface area contributed by atoms with Crippen LogP contribution < -0.4 is 5.32 Å². The zero-order chi connectivity index (χ0) is 24.1. The molecule has 9 nitrogen and oxygen atoms in total. The summed E-state index contributed by atoms with van der Waals surface area (Å²) in [4.78, 5) is 18.3. The van der Waals surface area contributed by atoms with Gasteiger partial charge in [-0.15, -0.1) is 6.42 Å². The summed E-state index contributed by atoms with van der Waals surface area (Å²) in [6, 6.07) is 8.55. The zero-order valence-electron chi connectivity index (χ0n) is 19.1. The first-order valence-electron chi connectivity index (χ1n) is 11.4. The summed E-state index contributed by atoms with van der Waals surface area (Å²) in [6.07, 6.45) is 15.4. The van der Waals surface area contributed by atoms with Crippen LogP contribution in [-0.4, -0.2) is 54.3 Å². The van der Waals surface area contributed by atoms with Crippen molar-refractivity contribution in [1.29, 1.82) is 5.26 Å². The number of nitriles is 1. The number of aromatic nitrogens is 5. The number of hydrogen-bond donors (Lipinski definition) is 1. The van der Waals surface area contributed by atoms with Crippen molar-refractivity contribution in [3.8, 4) is 40.7 Å². The van der Waals surface area contributed by atoms with Crippen molar-refractivity contribution in [3.63, 3.8) is 0 Å². The molecule has 172 valence electrons. The van der Waals surface area contributed by atoms with E-state index in [1.165, 1.54) is 0 Å². The molecule has 2 unspecified atom stereocenters. The quantitative estimate of drug-likeness (QED) is 0.468. The molecule has 0 radical (unpaired) electrons. The average molecular weight is 463 g/mol. The Hall–Kier alpha value is -4.63. The van der Waals surface area contributed by atoms with E-state index < -0.39 is 0 Å². The summed E-state index contributed by atoms with van der Waals surface area (Å²) >= 11 is 0. The number of carbonyl (C=O) groups excluding carboxylic acids is 1. The van der Waals surface area contributed by atoms with Gasteiger partial charge >= 0.3 is 0 Å². The molecule has 2 aliphatic heterocycles. The number of hydrogen-bond acceptors (Lipinski definition) is 6. The molecule has 3 aliphatic rings. The number of nitrogens with one attached hydrogen (secondary N) is 1. The summed E-state index contributed by atoms with van der Waals surface area (Å²) in [7, 11) is 1.88. The summed E-state index contributed by atoms with van der Waals surface area (Å²) in [5, 5.41) is 21.9. The van der Waals surface area contributed by atoms with Gasteiger partial charge in [0.05, 0.1) is 23.5 Å². The lowest BCUT2D eigenvalue weighted by molar-refractivity contribution is -0.132. The van der Waals surface area contributed by atoms with Crippen LogP contribution in [0.25, 0.3) is 27.8 Å². The average Bonchev–Trinajstić information content (AvgIpc) is 3.52. The zero-order valence-corrected chi connectivity index (χ0v) is 19.1. The Bertz CT molecular complexity index is 1520. The Balaban J connectivity index is 1.29. The number of pyridine rings is 2. The molecule has 2 saturated heterocycles. The molecule has 1 amide bonds. The van der Waals surface area contributed by atoms with Crippen molar-refractivity contribution in [3.05, 3.63) is 54.7 Å². The molecule has 2 atom stereocenters. The SMILES string of the molecule is C#CC(=O)N1CC2CC(C1)C2Nc1ccc(-c2cc(-c3cnn(C)c3)cn3ncc(C#N)c23)cn1. The van der Waals surface area contributed by atoms with Gasteiger partial charge in [0.25, 0.3) is 5.91 Å². The van der Waals surface area contributed by atoms with E-state index in [4.69, 9.17) is 6.42 Å². The number of anilines is 1. The van der Waals surface area contributed by atoms with Crippen LogP contribution in [0.5, 0.6) is 0 Å². The molecular weight excluding hydrogens is 440 g/mol. The lowest BCUT2D eigenvalue weighted by Gasteiger charge is -2.53. The van der Waals surface area contributed by atoms with Crippen LogP contribution in [0.4, 0.5) is 5.82 Å². The first-order valence-corrected chi connectivity index (χ1v) is 11.4. The Kier molecular flexibility index (Phi) is 4.78. The van der Waals surface area contributed by atoms with Gasteiger partial charge in [-0.05, 0) is 42.4 Å². The maximum Gasteiger partial charge on any atom is 0.298 e. The normalized spacial score (nSPS) is 20.7. The monoisotopic (exact) mass is 462 g/mol. The van der Waals surface area contributed by atoms with Gasteiger partial charge in [-0.2, -0.15) is 15.5 Å². The highest BCUT2D eigenvalue weighted by Gasteiger charge is 2.47. The molecule has 1 N–H and O–H groups in total. The van der Waals surface area contributed by atoms with Gasteiger partial charge < -0.3 is 10.2 Å². The van der Waals surface area contributed by atoms with Gasteiger partial charge in [0, 0.05) is 67.0 Å². The Labute approximate surface area is 202 Å². The standard InChI is InChI=1S/C26H22N8O/c1-3-24(35)33-13-18-6-19(14-33)25(18)31-23-5-4-16(9-28-23)22-7-17(21-11-29-32(2)12-21)15-34-26(22)20(8-27)10-30-34/h1,4-5,7,9-12,15,18-19,25H,6,13-14H2,2H3,(H,28,31). The molecule has 3 fully saturated rings. The van der Waals surface area contributed by atoms with Gasteiger partial charge in [0.2, 0.25) is 0 Å². The number of nitrogens with zero attached hydrogens (tertiary/aromatic N) is 7. The van der Waals surface area contributed by atoms with Gasteiger partial charge in [-0.3, -0.25) is 9.48 Å². The van der Waals surface area contributed by atoms with E-state index in [2.05, 4.69) is 32.5 Å². The van der Waals surface area contributed by atoms with Crippen LogP contribution >= 0.6 is 0 Å². The highest BCUT2D eigenvalue weighted by molar-refractivity contribution is 5.93. The molecular formula is C26H22N8O. The van der Waals surface area contributed by atoms with Crippen molar-refractivity contribution in [2.24, 2.45) is 18.9 Å². The van der Waals surface area contributed by atoms with Crippen LogP contribution in [-0.2, 0) is 11.8 Å². The van der Waals surface area contributed by atoms with Crippen LogP contribution in [0, 0.1) is 35.5 Å². The second kappa shape index (κ2) is 8.00. The largest absolute Gasteiger partial charge is 0.367 e. The maximum atomic E-state index is 11.8. The molecule has 4 aromatic heterocycles. The summed E-state index contributed by atoms with van der Waals surface area (Å²) in [6.45, 7) is 1.37. The molecule has 2 bridgehead atoms. The fraction of sp³-hybridized carbons (Fsp3) is 0.269. The Morgan fingerprint density at radius 2 is 1.94 bits per heavy atom. The second-order valence-corrected chi connectivity index (χ2v) is 9.22. The fourth-order valence-electron chi connectivity index (χ4n) is 5.34. The van der Waals surface area contributed by atoms with Crippen molar-refractivity contribution in [1.82, 2.24) is 29.3 Å². The highest BCUT2D eigenvalue weighted by atomic mass is 16.2. The molecule has 6 heterocycles. The Morgan fingerprint density at radius 1 is 1.11 bits per heavy atom. The third-order valence-electron chi connectivity index (χ3n) is 7.10. The van der Waals surface area contributed by atoms with Crippen LogP contribution in [0.2, 0.25) is 0 Å². The number of carbonyl (C=O) groups is 1. The van der Waals surface area contributed by atoms with E-state index in [1.54, 1.807) is 26.5 Å². The van der Waals surface area contributed by atoms with Crippen LogP contribution in [0.3, 0.4) is 0 Å². The minimum atomic E-state index is -0.225. The first kappa shape index (κ1) is 20.9. The Morgan fingerprint density at radius 3 is 2.60 bits per heavy atom. The van der Waals surface area contributed by atoms with Gasteiger partial charge in [0.15, 0.2) is 0 Å². The number of fused-ring (bicyclic) bond motifs is 3. The molecule has 1 aliphatic carbocycles. The molecule has 4 aromatic rings.